The molecule has 0 atom stereocenters. The highest BCUT2D eigenvalue weighted by atomic mass is 32.1. The number of amides is 1. The van der Waals surface area contributed by atoms with E-state index in [1.807, 2.05) is 6.07 Å². The van der Waals surface area contributed by atoms with Crippen LogP contribution in [-0.4, -0.2) is 43.5 Å². The maximum atomic E-state index is 12.5. The number of Topliss-reactive ketones (excluding diaryl/α,β-unsaturated/α-hetero) is 1. The molecular weight excluding hydrogens is 432 g/mol. The Labute approximate surface area is 189 Å². The van der Waals surface area contributed by atoms with Crippen LogP contribution in [0.25, 0.3) is 10.6 Å². The molecule has 1 amide bonds. The summed E-state index contributed by atoms with van der Waals surface area (Å²) in [5.41, 5.74) is 2.18. The lowest BCUT2D eigenvalue weighted by atomic mass is 10.1. The van der Waals surface area contributed by atoms with Gasteiger partial charge in [0.2, 0.25) is 0 Å². The van der Waals surface area contributed by atoms with Crippen LogP contribution in [0.5, 0.6) is 11.5 Å². The minimum absolute atomic E-state index is 0.113. The highest BCUT2D eigenvalue weighted by Gasteiger charge is 2.19. The number of nitrogens with zero attached hydrogens (tertiary/aromatic N) is 1. The number of hydrogen-bond donors (Lipinski definition) is 1. The van der Waals surface area contributed by atoms with E-state index in [2.05, 4.69) is 10.3 Å². The number of ether oxygens (including phenoxy) is 3. The van der Waals surface area contributed by atoms with Crippen molar-refractivity contribution >= 4 is 34.7 Å². The van der Waals surface area contributed by atoms with E-state index in [-0.39, 0.29) is 5.78 Å². The molecule has 1 N–H and O–H groups in total. The van der Waals surface area contributed by atoms with Crippen molar-refractivity contribution in [2.75, 3.05) is 26.1 Å². The van der Waals surface area contributed by atoms with E-state index in [0.717, 1.165) is 16.9 Å². The monoisotopic (exact) mass is 454 g/mol. The number of esters is 1. The summed E-state index contributed by atoms with van der Waals surface area (Å²) in [6.07, 6.45) is 0. The largest absolute Gasteiger partial charge is 0.493 e. The summed E-state index contributed by atoms with van der Waals surface area (Å²) in [4.78, 5) is 40.9. The van der Waals surface area contributed by atoms with Gasteiger partial charge in [-0.2, -0.15) is 0 Å². The Hall–Kier alpha value is -3.72. The predicted octanol–water partition coefficient (Wildman–Crippen LogP) is 4.13. The van der Waals surface area contributed by atoms with Gasteiger partial charge in [0, 0.05) is 16.8 Å². The highest BCUT2D eigenvalue weighted by molar-refractivity contribution is 7.17. The number of rotatable bonds is 8. The van der Waals surface area contributed by atoms with Crippen molar-refractivity contribution in [2.24, 2.45) is 0 Å². The fraction of sp³-hybridized carbons (Fsp3) is 0.217. The van der Waals surface area contributed by atoms with Gasteiger partial charge in [-0.3, -0.25) is 9.59 Å². The summed E-state index contributed by atoms with van der Waals surface area (Å²) in [6, 6.07) is 11.9. The summed E-state index contributed by atoms with van der Waals surface area (Å²) >= 11 is 1.16. The topological polar surface area (TPSA) is 104 Å². The van der Waals surface area contributed by atoms with Crippen LogP contribution >= 0.6 is 11.3 Å². The van der Waals surface area contributed by atoms with E-state index < -0.39 is 18.5 Å². The average Bonchev–Trinajstić information content (AvgIpc) is 3.18. The molecule has 166 valence electrons. The number of thiazole rings is 1. The maximum absolute atomic E-state index is 12.5. The Bertz CT molecular complexity index is 1170. The van der Waals surface area contributed by atoms with Crippen LogP contribution in [0.4, 0.5) is 5.69 Å². The van der Waals surface area contributed by atoms with Crippen LogP contribution in [0.3, 0.4) is 0 Å². The van der Waals surface area contributed by atoms with Crippen molar-refractivity contribution in [3.63, 3.8) is 0 Å². The number of ketones is 1. The molecule has 0 saturated carbocycles. The molecular formula is C23H22N2O6S. The molecule has 3 rings (SSSR count). The fourth-order valence-electron chi connectivity index (χ4n) is 2.89. The van der Waals surface area contributed by atoms with Gasteiger partial charge in [0.1, 0.15) is 9.88 Å². The second-order valence-corrected chi connectivity index (χ2v) is 7.76. The highest BCUT2D eigenvalue weighted by Crippen LogP contribution is 2.35. The zero-order valence-electron chi connectivity index (χ0n) is 18.1. The number of methoxy groups -OCH3 is 2. The van der Waals surface area contributed by atoms with Gasteiger partial charge >= 0.3 is 5.97 Å². The number of aryl methyl sites for hydroxylation is 1. The number of hydrogen-bond acceptors (Lipinski definition) is 8. The molecule has 2 aromatic carbocycles. The number of carbonyl (C=O) groups excluding carboxylic acids is 3. The number of aromatic nitrogens is 1. The molecule has 9 heteroatoms. The fourth-order valence-corrected chi connectivity index (χ4v) is 3.84. The smallest absolute Gasteiger partial charge is 0.350 e. The lowest BCUT2D eigenvalue weighted by molar-refractivity contribution is -0.119. The second-order valence-electron chi connectivity index (χ2n) is 6.76. The molecule has 0 spiro atoms. The van der Waals surface area contributed by atoms with Crippen LogP contribution in [0, 0.1) is 6.92 Å². The van der Waals surface area contributed by atoms with Gasteiger partial charge < -0.3 is 19.5 Å². The van der Waals surface area contributed by atoms with Gasteiger partial charge in [0.25, 0.3) is 5.91 Å². The number of nitrogens with one attached hydrogen (secondary N) is 1. The van der Waals surface area contributed by atoms with E-state index in [1.54, 1.807) is 57.5 Å². The Morgan fingerprint density at radius 1 is 1.03 bits per heavy atom. The van der Waals surface area contributed by atoms with E-state index in [4.69, 9.17) is 14.2 Å². The van der Waals surface area contributed by atoms with Crippen LogP contribution in [-0.2, 0) is 9.53 Å². The summed E-state index contributed by atoms with van der Waals surface area (Å²) in [7, 11) is 3.09. The number of carbonyl (C=O) groups is 3. The van der Waals surface area contributed by atoms with Gasteiger partial charge in [0.15, 0.2) is 23.9 Å². The first-order chi connectivity index (χ1) is 15.3. The standard InChI is InChI=1S/C23H22N2O6S/c1-13-21(32-22(24-13)16-8-9-18(29-3)19(11-16)30-4)23(28)31-12-20(27)25-17-7-5-6-15(10-17)14(2)26/h5-11H,12H2,1-4H3,(H,25,27). The Balaban J connectivity index is 1.66. The molecule has 0 saturated heterocycles. The van der Waals surface area contributed by atoms with E-state index in [9.17, 15) is 14.4 Å². The van der Waals surface area contributed by atoms with E-state index in [1.165, 1.54) is 6.92 Å². The predicted molar refractivity (Wildman–Crippen MR) is 121 cm³/mol. The first-order valence-corrected chi connectivity index (χ1v) is 10.4. The third-order valence-corrected chi connectivity index (χ3v) is 5.69. The van der Waals surface area contributed by atoms with Gasteiger partial charge in [-0.25, -0.2) is 9.78 Å². The zero-order chi connectivity index (χ0) is 23.3. The third-order valence-electron chi connectivity index (χ3n) is 4.50. The molecule has 8 nitrogen and oxygen atoms in total. The second kappa shape index (κ2) is 10.1. The van der Waals surface area contributed by atoms with Gasteiger partial charge in [0.05, 0.1) is 19.9 Å². The van der Waals surface area contributed by atoms with Gasteiger partial charge in [-0.1, -0.05) is 12.1 Å². The molecule has 0 unspecified atom stereocenters. The first kappa shape index (κ1) is 23.0. The van der Waals surface area contributed by atoms with E-state index >= 15 is 0 Å². The Kier molecular flexibility index (Phi) is 7.21. The molecule has 0 aliphatic rings. The Morgan fingerprint density at radius 3 is 2.47 bits per heavy atom. The summed E-state index contributed by atoms with van der Waals surface area (Å²) < 4.78 is 15.7. The molecule has 0 radical (unpaired) electrons. The molecule has 32 heavy (non-hydrogen) atoms. The molecule has 0 aliphatic carbocycles. The van der Waals surface area contributed by atoms with Crippen LogP contribution in [0.1, 0.15) is 32.6 Å². The van der Waals surface area contributed by atoms with Crippen molar-refractivity contribution < 1.29 is 28.6 Å². The van der Waals surface area contributed by atoms with Crippen molar-refractivity contribution in [1.82, 2.24) is 4.98 Å². The lowest BCUT2D eigenvalue weighted by Crippen LogP contribution is -2.21. The summed E-state index contributed by atoms with van der Waals surface area (Å²) in [5.74, 6) is -0.129. The minimum Gasteiger partial charge on any atom is -0.493 e. The molecule has 1 heterocycles. The minimum atomic E-state index is -0.639. The summed E-state index contributed by atoms with van der Waals surface area (Å²) in [6.45, 7) is 2.67. The van der Waals surface area contributed by atoms with E-state index in [0.29, 0.717) is 38.3 Å². The average molecular weight is 455 g/mol. The van der Waals surface area contributed by atoms with Gasteiger partial charge in [-0.05, 0) is 44.2 Å². The molecule has 1 aromatic heterocycles. The quantitative estimate of drug-likeness (QED) is 0.403. The Morgan fingerprint density at radius 2 is 1.78 bits per heavy atom. The molecule has 0 fully saturated rings. The summed E-state index contributed by atoms with van der Waals surface area (Å²) in [5, 5.41) is 3.22. The zero-order valence-corrected chi connectivity index (χ0v) is 18.9. The van der Waals surface area contributed by atoms with Crippen LogP contribution in [0.15, 0.2) is 42.5 Å². The SMILES string of the molecule is COc1ccc(-c2nc(C)c(C(=O)OCC(=O)Nc3cccc(C(C)=O)c3)s2)cc1OC. The van der Waals surface area contributed by atoms with Crippen molar-refractivity contribution in [2.45, 2.75) is 13.8 Å². The molecule has 0 bridgehead atoms. The number of benzene rings is 2. The van der Waals surface area contributed by atoms with Crippen molar-refractivity contribution in [3.05, 3.63) is 58.6 Å². The maximum Gasteiger partial charge on any atom is 0.350 e. The van der Waals surface area contributed by atoms with Crippen LogP contribution in [0.2, 0.25) is 0 Å². The molecule has 0 aliphatic heterocycles. The van der Waals surface area contributed by atoms with Crippen molar-refractivity contribution in [1.29, 1.82) is 0 Å². The normalized spacial score (nSPS) is 10.4. The van der Waals surface area contributed by atoms with Crippen LogP contribution < -0.4 is 14.8 Å². The third kappa shape index (κ3) is 5.30. The number of anilines is 1. The van der Waals surface area contributed by atoms with Gasteiger partial charge in [-0.15, -0.1) is 11.3 Å². The van der Waals surface area contributed by atoms with Crippen molar-refractivity contribution in [3.8, 4) is 22.1 Å². The lowest BCUT2D eigenvalue weighted by Gasteiger charge is -2.08. The first-order valence-electron chi connectivity index (χ1n) is 9.60. The molecule has 3 aromatic rings.